The second-order valence-electron chi connectivity index (χ2n) is 7.67. The smallest absolute Gasteiger partial charge is 0.478 e. The van der Waals surface area contributed by atoms with Crippen LogP contribution in [0.25, 0.3) is 0 Å². The van der Waals surface area contributed by atoms with Crippen molar-refractivity contribution in [1.29, 1.82) is 0 Å². The summed E-state index contributed by atoms with van der Waals surface area (Å²) < 4.78 is 5.89. The maximum Gasteiger partial charge on any atom is 2.00 e. The van der Waals surface area contributed by atoms with E-state index < -0.39 is 0 Å². The molecule has 2 nitrogen and oxygen atoms in total. The maximum atomic E-state index is 5.89. The van der Waals surface area contributed by atoms with Gasteiger partial charge in [0.1, 0.15) is 6.61 Å². The summed E-state index contributed by atoms with van der Waals surface area (Å²) in [6, 6.07) is 8.88. The Balaban J connectivity index is 0.000000408. The standard InChI is InChI=1S/C19H22NOS.C5H5.Fe/c1-19(2,3)17-12-21-18(20-17)16-7-5-6-15(16)13-8-10-14(22-4)11-9-13;1-2-4-5-3-1;/h5-11,17H,12H2,1-4H3;1-5H;/q;;+2/t17-;;/m1../s1. The van der Waals surface area contributed by atoms with E-state index in [4.69, 9.17) is 9.73 Å². The van der Waals surface area contributed by atoms with Gasteiger partial charge in [0, 0.05) is 10.8 Å². The van der Waals surface area contributed by atoms with Gasteiger partial charge < -0.3 is 4.74 Å². The van der Waals surface area contributed by atoms with Crippen molar-refractivity contribution in [3.63, 3.8) is 0 Å². The molecule has 4 rings (SSSR count). The quantitative estimate of drug-likeness (QED) is 0.471. The van der Waals surface area contributed by atoms with Crippen molar-refractivity contribution < 1.29 is 21.8 Å². The summed E-state index contributed by atoms with van der Waals surface area (Å²) in [5, 5.41) is 0. The predicted octanol–water partition coefficient (Wildman–Crippen LogP) is 5.39. The molecule has 1 aliphatic heterocycles. The average Bonchev–Trinajstić information content (AvgIpc) is 3.43. The van der Waals surface area contributed by atoms with Gasteiger partial charge in [-0.1, -0.05) is 32.9 Å². The van der Waals surface area contributed by atoms with Gasteiger partial charge in [0.2, 0.25) is 0 Å². The van der Waals surface area contributed by atoms with Crippen molar-refractivity contribution in [2.75, 3.05) is 12.9 Å². The van der Waals surface area contributed by atoms with Crippen LogP contribution >= 0.6 is 11.8 Å². The molecule has 0 unspecified atom stereocenters. The van der Waals surface area contributed by atoms with Crippen LogP contribution in [0.15, 0.2) is 34.2 Å². The van der Waals surface area contributed by atoms with Crippen LogP contribution in [0.3, 0.4) is 0 Å². The van der Waals surface area contributed by atoms with Crippen molar-refractivity contribution in [1.82, 2.24) is 0 Å². The second-order valence-corrected chi connectivity index (χ2v) is 8.55. The number of rotatable bonds is 3. The molecule has 28 heavy (non-hydrogen) atoms. The van der Waals surface area contributed by atoms with Crippen LogP contribution in [0.2, 0.25) is 0 Å². The molecule has 0 spiro atoms. The molecule has 1 aromatic carbocycles. The van der Waals surface area contributed by atoms with Gasteiger partial charge in [-0.3, -0.25) is 0 Å². The largest absolute Gasteiger partial charge is 2.00 e. The molecule has 0 saturated heterocycles. The monoisotopic (exact) mass is 433 g/mol. The van der Waals surface area contributed by atoms with E-state index >= 15 is 0 Å². The van der Waals surface area contributed by atoms with E-state index in [0.29, 0.717) is 6.61 Å². The third-order valence-corrected chi connectivity index (χ3v) is 5.40. The second kappa shape index (κ2) is 11.1. The molecule has 146 valence electrons. The third-order valence-electron chi connectivity index (χ3n) is 4.65. The van der Waals surface area contributed by atoms with Gasteiger partial charge in [-0.15, -0.1) is 11.8 Å². The molecule has 2 saturated carbocycles. The van der Waals surface area contributed by atoms with Crippen LogP contribution in [0.1, 0.15) is 26.3 Å². The fourth-order valence-corrected chi connectivity index (χ4v) is 3.32. The Morgan fingerprint density at radius 1 is 0.893 bits per heavy atom. The molecule has 0 N–H and O–H groups in total. The molecule has 1 atom stereocenters. The van der Waals surface area contributed by atoms with E-state index in [2.05, 4.69) is 70.6 Å². The zero-order chi connectivity index (χ0) is 19.3. The average molecular weight is 433 g/mol. The fraction of sp³-hybridized carbons (Fsp3) is 0.292. The minimum absolute atomic E-state index is 0. The van der Waals surface area contributed by atoms with Crippen molar-refractivity contribution in [3.8, 4) is 0 Å². The van der Waals surface area contributed by atoms with Crippen LogP contribution in [0.4, 0.5) is 0 Å². The number of benzene rings is 1. The molecule has 2 aliphatic carbocycles. The molecule has 0 aromatic heterocycles. The van der Waals surface area contributed by atoms with Gasteiger partial charge in [0.05, 0.1) is 12.0 Å². The molecular weight excluding hydrogens is 406 g/mol. The van der Waals surface area contributed by atoms with Crippen molar-refractivity contribution >= 4 is 17.7 Å². The topological polar surface area (TPSA) is 21.6 Å². The Bertz CT molecular complexity index is 611. The van der Waals surface area contributed by atoms with Gasteiger partial charge in [-0.2, -0.15) is 0 Å². The van der Waals surface area contributed by atoms with E-state index in [-0.39, 0.29) is 28.5 Å². The Labute approximate surface area is 187 Å². The van der Waals surface area contributed by atoms with Crippen LogP contribution in [0, 0.1) is 68.6 Å². The van der Waals surface area contributed by atoms with E-state index in [1.54, 1.807) is 11.8 Å². The first kappa shape index (κ1) is 23.8. The van der Waals surface area contributed by atoms with Crippen LogP contribution in [-0.4, -0.2) is 24.8 Å². The van der Waals surface area contributed by atoms with Gasteiger partial charge in [-0.25, -0.2) is 4.99 Å². The molecule has 0 bridgehead atoms. The van der Waals surface area contributed by atoms with Crippen molar-refractivity contribution in [3.05, 3.63) is 93.0 Å². The van der Waals surface area contributed by atoms with E-state index in [1.807, 2.05) is 32.1 Å². The molecular formula is C24H27FeNOS+2. The first-order valence-electron chi connectivity index (χ1n) is 9.27. The first-order chi connectivity index (χ1) is 13.0. The minimum atomic E-state index is 0. The Morgan fingerprint density at radius 3 is 1.96 bits per heavy atom. The molecule has 10 radical (unpaired) electrons. The molecule has 4 heteroatoms. The maximum absolute atomic E-state index is 5.89. The molecule has 1 aromatic rings. The zero-order valence-corrected chi connectivity index (χ0v) is 18.8. The van der Waals surface area contributed by atoms with Crippen molar-refractivity contribution in [2.24, 2.45) is 10.4 Å². The Hall–Kier alpha value is -0.441. The third kappa shape index (κ3) is 6.28. The number of hydrogen-bond donors (Lipinski definition) is 0. The van der Waals surface area contributed by atoms with Crippen LogP contribution < -0.4 is 0 Å². The molecule has 1 heterocycles. The summed E-state index contributed by atoms with van der Waals surface area (Å²) in [7, 11) is 0. The predicted molar refractivity (Wildman–Crippen MR) is 115 cm³/mol. The van der Waals surface area contributed by atoms with Crippen LogP contribution in [0.5, 0.6) is 0 Å². The first-order valence-corrected chi connectivity index (χ1v) is 10.5. The van der Waals surface area contributed by atoms with E-state index in [1.165, 1.54) is 16.4 Å². The van der Waals surface area contributed by atoms with Crippen LogP contribution in [-0.2, 0) is 21.8 Å². The number of thioether (sulfide) groups is 1. The summed E-state index contributed by atoms with van der Waals surface area (Å²) in [5.41, 5.74) is 1.34. The molecule has 3 aliphatic rings. The van der Waals surface area contributed by atoms with E-state index in [9.17, 15) is 0 Å². The SMILES string of the molecule is CSc1ccc([C]2[CH][CH][CH][C]2C2=N[C@@H](C(C)(C)C)CO2)cc1.[CH]1[CH][CH][CH][CH]1.[Fe+2]. The number of ether oxygens (including phenoxy) is 1. The molecule has 0 amide bonds. The van der Waals surface area contributed by atoms with Gasteiger partial charge in [0.15, 0.2) is 5.90 Å². The zero-order valence-electron chi connectivity index (χ0n) is 16.8. The van der Waals surface area contributed by atoms with Gasteiger partial charge in [0.25, 0.3) is 0 Å². The Kier molecular flexibility index (Phi) is 9.44. The summed E-state index contributed by atoms with van der Waals surface area (Å²) >= 11 is 1.76. The fourth-order valence-electron chi connectivity index (χ4n) is 2.91. The normalized spacial score (nSPS) is 22.9. The van der Waals surface area contributed by atoms with Crippen molar-refractivity contribution in [2.45, 2.75) is 31.7 Å². The summed E-state index contributed by atoms with van der Waals surface area (Å²) in [4.78, 5) is 6.09. The summed E-state index contributed by atoms with van der Waals surface area (Å²) in [6.45, 7) is 7.30. The summed E-state index contributed by atoms with van der Waals surface area (Å²) in [6.07, 6.45) is 18.4. The van der Waals surface area contributed by atoms with Gasteiger partial charge in [-0.05, 0) is 80.7 Å². The number of nitrogens with zero attached hydrogens (tertiary/aromatic N) is 1. The van der Waals surface area contributed by atoms with Gasteiger partial charge >= 0.3 is 17.1 Å². The number of hydrogen-bond acceptors (Lipinski definition) is 3. The Morgan fingerprint density at radius 2 is 1.46 bits per heavy atom. The van der Waals surface area contributed by atoms with E-state index in [0.717, 1.165) is 11.8 Å². The summed E-state index contributed by atoms with van der Waals surface area (Å²) in [5.74, 6) is 3.08. The number of aliphatic imine (C=N–C) groups is 1. The minimum Gasteiger partial charge on any atom is -0.478 e. The molecule has 2 fully saturated rings.